The second kappa shape index (κ2) is 5.28. The van der Waals surface area contributed by atoms with Crippen molar-refractivity contribution in [3.8, 4) is 0 Å². The summed E-state index contributed by atoms with van der Waals surface area (Å²) in [6.45, 7) is 5.91. The fourth-order valence-corrected chi connectivity index (χ4v) is 2.91. The third-order valence-electron chi connectivity index (χ3n) is 3.71. The molecule has 0 radical (unpaired) electrons. The van der Waals surface area contributed by atoms with Gasteiger partial charge in [-0.3, -0.25) is 0 Å². The molecule has 0 aromatic rings. The Hall–Kier alpha value is -0.120. The zero-order valence-electron chi connectivity index (χ0n) is 9.78. The molecule has 0 spiro atoms. The third-order valence-corrected chi connectivity index (χ3v) is 3.71. The van der Waals surface area contributed by atoms with E-state index in [0.29, 0.717) is 12.1 Å². The van der Waals surface area contributed by atoms with Crippen LogP contribution in [-0.4, -0.2) is 47.8 Å². The molecule has 2 N–H and O–H groups in total. The van der Waals surface area contributed by atoms with Gasteiger partial charge in [-0.2, -0.15) is 0 Å². The number of nitrogens with one attached hydrogen (secondary N) is 1. The van der Waals surface area contributed by atoms with Crippen molar-refractivity contribution in [2.24, 2.45) is 0 Å². The monoisotopic (exact) mass is 212 g/mol. The lowest BCUT2D eigenvalue weighted by atomic mass is 10.2. The van der Waals surface area contributed by atoms with Gasteiger partial charge in [0.2, 0.25) is 0 Å². The Morgan fingerprint density at radius 3 is 2.60 bits per heavy atom. The molecule has 3 unspecified atom stereocenters. The van der Waals surface area contributed by atoms with Gasteiger partial charge in [0.1, 0.15) is 0 Å². The summed E-state index contributed by atoms with van der Waals surface area (Å²) in [6, 6.07) is 0.864. The van der Waals surface area contributed by atoms with Gasteiger partial charge in [-0.15, -0.1) is 0 Å². The van der Waals surface area contributed by atoms with E-state index in [2.05, 4.69) is 17.1 Å². The average molecular weight is 212 g/mol. The van der Waals surface area contributed by atoms with Crippen molar-refractivity contribution < 1.29 is 5.11 Å². The fraction of sp³-hybridized carbons (Fsp3) is 1.00. The molecule has 3 atom stereocenters. The number of rotatable bonds is 4. The van der Waals surface area contributed by atoms with Gasteiger partial charge < -0.3 is 15.3 Å². The minimum Gasteiger partial charge on any atom is -0.392 e. The van der Waals surface area contributed by atoms with Crippen LogP contribution in [0.3, 0.4) is 0 Å². The largest absolute Gasteiger partial charge is 0.392 e. The molecule has 0 bridgehead atoms. The molecule has 2 aliphatic rings. The lowest BCUT2D eigenvalue weighted by molar-refractivity contribution is 0.139. The van der Waals surface area contributed by atoms with Crippen LogP contribution < -0.4 is 5.32 Å². The molecular weight excluding hydrogens is 188 g/mol. The van der Waals surface area contributed by atoms with Crippen LogP contribution in [-0.2, 0) is 0 Å². The maximum Gasteiger partial charge on any atom is 0.0693 e. The molecule has 0 amide bonds. The Balaban J connectivity index is 1.69. The summed E-state index contributed by atoms with van der Waals surface area (Å²) in [5, 5.41) is 13.3. The highest BCUT2D eigenvalue weighted by atomic mass is 16.3. The summed E-state index contributed by atoms with van der Waals surface area (Å²) in [7, 11) is 0. The Bertz CT molecular complexity index is 192. The molecule has 1 heterocycles. The van der Waals surface area contributed by atoms with Crippen LogP contribution in [0.1, 0.15) is 39.0 Å². The topological polar surface area (TPSA) is 35.5 Å². The van der Waals surface area contributed by atoms with E-state index < -0.39 is 0 Å². The molecular formula is C12H24N2O. The minimum atomic E-state index is -0.106. The van der Waals surface area contributed by atoms with Gasteiger partial charge in [0.05, 0.1) is 6.10 Å². The van der Waals surface area contributed by atoms with Crippen LogP contribution in [0, 0.1) is 0 Å². The average Bonchev–Trinajstić information content (AvgIpc) is 2.79. The first-order valence-electron chi connectivity index (χ1n) is 6.42. The van der Waals surface area contributed by atoms with Crippen LogP contribution in [0.15, 0.2) is 0 Å². The van der Waals surface area contributed by atoms with Crippen molar-refractivity contribution in [1.82, 2.24) is 10.2 Å². The van der Waals surface area contributed by atoms with E-state index in [0.717, 1.165) is 19.4 Å². The quantitative estimate of drug-likeness (QED) is 0.729. The normalized spacial score (nSPS) is 34.8. The molecule has 88 valence electrons. The minimum absolute atomic E-state index is 0.106. The smallest absolute Gasteiger partial charge is 0.0693 e. The fourth-order valence-electron chi connectivity index (χ4n) is 2.91. The molecule has 0 aromatic heterocycles. The summed E-state index contributed by atoms with van der Waals surface area (Å²) in [5.41, 5.74) is 0. The Morgan fingerprint density at radius 2 is 2.00 bits per heavy atom. The number of nitrogens with zero attached hydrogens (tertiary/aromatic N) is 1. The van der Waals surface area contributed by atoms with E-state index in [4.69, 9.17) is 0 Å². The molecule has 3 heteroatoms. The Kier molecular flexibility index (Phi) is 4.00. The first kappa shape index (κ1) is 11.4. The predicted molar refractivity (Wildman–Crippen MR) is 61.9 cm³/mol. The highest BCUT2D eigenvalue weighted by Crippen LogP contribution is 2.19. The summed E-state index contributed by atoms with van der Waals surface area (Å²) in [5.74, 6) is 0. The number of aliphatic hydroxyl groups is 1. The number of hydrogen-bond acceptors (Lipinski definition) is 3. The number of aliphatic hydroxyl groups excluding tert-OH is 1. The van der Waals surface area contributed by atoms with Crippen molar-refractivity contribution in [3.05, 3.63) is 0 Å². The maximum absolute atomic E-state index is 9.72. The summed E-state index contributed by atoms with van der Waals surface area (Å²) in [4.78, 5) is 2.53. The van der Waals surface area contributed by atoms with E-state index >= 15 is 0 Å². The van der Waals surface area contributed by atoms with Gasteiger partial charge in [-0.25, -0.2) is 0 Å². The van der Waals surface area contributed by atoms with Gasteiger partial charge in [-0.1, -0.05) is 0 Å². The molecule has 1 aliphatic heterocycles. The van der Waals surface area contributed by atoms with Crippen molar-refractivity contribution in [3.63, 3.8) is 0 Å². The predicted octanol–water partition coefficient (Wildman–Crippen LogP) is 0.974. The summed E-state index contributed by atoms with van der Waals surface area (Å²) in [6.07, 6.45) is 5.91. The van der Waals surface area contributed by atoms with Crippen molar-refractivity contribution in [2.45, 2.75) is 57.2 Å². The number of hydrogen-bond donors (Lipinski definition) is 2. The van der Waals surface area contributed by atoms with Crippen LogP contribution >= 0.6 is 0 Å². The first-order chi connectivity index (χ1) is 7.25. The molecule has 1 aliphatic carbocycles. The molecule has 2 fully saturated rings. The molecule has 1 saturated carbocycles. The van der Waals surface area contributed by atoms with E-state index in [1.165, 1.54) is 32.4 Å². The van der Waals surface area contributed by atoms with Gasteiger partial charge >= 0.3 is 0 Å². The lowest BCUT2D eigenvalue weighted by Gasteiger charge is -2.25. The van der Waals surface area contributed by atoms with E-state index in [9.17, 15) is 5.11 Å². The highest BCUT2D eigenvalue weighted by molar-refractivity contribution is 4.85. The highest BCUT2D eigenvalue weighted by Gasteiger charge is 2.26. The Morgan fingerprint density at radius 1 is 1.27 bits per heavy atom. The lowest BCUT2D eigenvalue weighted by Crippen LogP contribution is -2.46. The zero-order chi connectivity index (χ0) is 10.7. The van der Waals surface area contributed by atoms with Crippen molar-refractivity contribution in [2.75, 3.05) is 19.6 Å². The van der Waals surface area contributed by atoms with Crippen LogP contribution in [0.5, 0.6) is 0 Å². The van der Waals surface area contributed by atoms with E-state index in [1.54, 1.807) is 0 Å². The summed E-state index contributed by atoms with van der Waals surface area (Å²) >= 11 is 0. The molecule has 15 heavy (non-hydrogen) atoms. The molecule has 2 rings (SSSR count). The van der Waals surface area contributed by atoms with Gasteiger partial charge in [-0.05, 0) is 52.1 Å². The van der Waals surface area contributed by atoms with Crippen LogP contribution in [0.25, 0.3) is 0 Å². The van der Waals surface area contributed by atoms with E-state index in [1.807, 2.05) is 0 Å². The summed E-state index contributed by atoms with van der Waals surface area (Å²) < 4.78 is 0. The second-order valence-electron chi connectivity index (χ2n) is 5.18. The molecule has 3 nitrogen and oxygen atoms in total. The maximum atomic E-state index is 9.72. The van der Waals surface area contributed by atoms with Crippen molar-refractivity contribution in [1.29, 1.82) is 0 Å². The number of likely N-dealkylation sites (tertiary alicyclic amines) is 1. The van der Waals surface area contributed by atoms with E-state index in [-0.39, 0.29) is 6.10 Å². The van der Waals surface area contributed by atoms with Crippen LogP contribution in [0.2, 0.25) is 0 Å². The first-order valence-corrected chi connectivity index (χ1v) is 6.42. The van der Waals surface area contributed by atoms with Gasteiger partial charge in [0.25, 0.3) is 0 Å². The van der Waals surface area contributed by atoms with Gasteiger partial charge in [0.15, 0.2) is 0 Å². The standard InChI is InChI=1S/C12H24N2O/c1-10(9-14-7-2-3-8-14)13-11-5-4-6-12(11)15/h10-13,15H,2-9H2,1H3. The van der Waals surface area contributed by atoms with Crippen molar-refractivity contribution >= 4 is 0 Å². The SMILES string of the molecule is CC(CN1CCCC1)NC1CCCC1O. The molecule has 0 aromatic carbocycles. The van der Waals surface area contributed by atoms with Gasteiger partial charge in [0, 0.05) is 18.6 Å². The molecule has 1 saturated heterocycles. The zero-order valence-corrected chi connectivity index (χ0v) is 9.78. The van der Waals surface area contributed by atoms with Crippen LogP contribution in [0.4, 0.5) is 0 Å². The second-order valence-corrected chi connectivity index (χ2v) is 5.18. The Labute approximate surface area is 92.8 Å². The third kappa shape index (κ3) is 3.16.